The maximum Gasteiger partial charge on any atom is 0.436 e. The van der Waals surface area contributed by atoms with Crippen molar-refractivity contribution in [1.82, 2.24) is 5.32 Å². The zero-order valence-corrected chi connectivity index (χ0v) is 25.0. The van der Waals surface area contributed by atoms with E-state index in [1.807, 2.05) is 84.3 Å². The molecule has 0 spiro atoms. The molecule has 0 aromatic heterocycles. The van der Waals surface area contributed by atoms with Crippen LogP contribution < -0.4 is 10.1 Å². The Bertz CT molecular complexity index is 1290. The number of thioether (sulfide) groups is 1. The summed E-state index contributed by atoms with van der Waals surface area (Å²) in [6.45, 7) is 3.91. The lowest BCUT2D eigenvalue weighted by Crippen LogP contribution is -2.29. The van der Waals surface area contributed by atoms with Crippen LogP contribution in [0.4, 0.5) is 9.59 Å². The van der Waals surface area contributed by atoms with Crippen molar-refractivity contribution in [3.8, 4) is 5.75 Å². The molecule has 0 saturated carbocycles. The van der Waals surface area contributed by atoms with Crippen LogP contribution in [0, 0.1) is 0 Å². The van der Waals surface area contributed by atoms with Crippen LogP contribution in [0.3, 0.4) is 0 Å². The van der Waals surface area contributed by atoms with Gasteiger partial charge in [0.05, 0.1) is 13.2 Å². The molecule has 0 saturated heterocycles. The molecule has 3 aromatic carbocycles. The van der Waals surface area contributed by atoms with Gasteiger partial charge in [0.1, 0.15) is 5.75 Å². The molecule has 0 bridgehead atoms. The minimum Gasteiger partial charge on any atom is -0.450 e. The number of ether oxygens (including phenoxy) is 3. The molecule has 0 aliphatic rings. The summed E-state index contributed by atoms with van der Waals surface area (Å²) in [6.07, 6.45) is 1.53. The summed E-state index contributed by atoms with van der Waals surface area (Å²) < 4.78 is 15.0. The number of rotatable bonds is 10. The van der Waals surface area contributed by atoms with E-state index in [1.165, 1.54) is 28.6 Å². The molecule has 214 valence electrons. The largest absolute Gasteiger partial charge is 0.450 e. The predicted molar refractivity (Wildman–Crippen MR) is 167 cm³/mol. The van der Waals surface area contributed by atoms with E-state index < -0.39 is 18.1 Å². The van der Waals surface area contributed by atoms with Gasteiger partial charge in [-0.2, -0.15) is 0 Å². The summed E-state index contributed by atoms with van der Waals surface area (Å²) >= 11 is 1.40. The van der Waals surface area contributed by atoms with Gasteiger partial charge in [-0.25, -0.2) is 9.59 Å². The average molecular weight is 611 g/mol. The van der Waals surface area contributed by atoms with Gasteiger partial charge in [-0.1, -0.05) is 87.9 Å². The number of para-hydroxylation sites is 1. The van der Waals surface area contributed by atoms with Crippen molar-refractivity contribution < 1.29 is 28.6 Å². The molecule has 3 amide bonds. The quantitative estimate of drug-likeness (QED) is 0.0801. The third-order valence-corrected chi connectivity index (χ3v) is 7.08. The number of benzene rings is 3. The summed E-state index contributed by atoms with van der Waals surface area (Å²) in [5.74, 6) is 0.290. The van der Waals surface area contributed by atoms with Crippen LogP contribution in [0.5, 0.6) is 5.75 Å². The van der Waals surface area contributed by atoms with Gasteiger partial charge in [-0.05, 0) is 61.1 Å². The van der Waals surface area contributed by atoms with E-state index in [1.54, 1.807) is 48.3 Å². The number of alkyl carbamates (subject to hydrolysis) is 1. The number of nitrogens with one attached hydrogen (secondary N) is 1. The van der Waals surface area contributed by atoms with Gasteiger partial charge in [0.2, 0.25) is 5.90 Å². The first-order valence-corrected chi connectivity index (χ1v) is 15.5. The van der Waals surface area contributed by atoms with Crippen LogP contribution in [-0.2, 0) is 14.3 Å². The van der Waals surface area contributed by atoms with Crippen LogP contribution >= 0.6 is 33.3 Å². The molecule has 41 heavy (non-hydrogen) atoms. The van der Waals surface area contributed by atoms with Crippen LogP contribution in [0.1, 0.15) is 13.8 Å². The molecule has 0 unspecified atom stereocenters. The summed E-state index contributed by atoms with van der Waals surface area (Å²) in [7, 11) is 3.11. The number of hydrogen-bond donors (Lipinski definition) is 1. The van der Waals surface area contributed by atoms with Crippen LogP contribution in [0.2, 0.25) is 0 Å². The molecule has 3 aromatic rings. The molecule has 8 nitrogen and oxygen atoms in total. The number of aliphatic imine (C=N–C) groups is 1. The van der Waals surface area contributed by atoms with Crippen LogP contribution in [-0.4, -0.2) is 37.2 Å². The zero-order chi connectivity index (χ0) is 29.5. The van der Waals surface area contributed by atoms with Gasteiger partial charge in [-0.3, -0.25) is 10.1 Å². The Balaban J connectivity index is 0.000000305. The molecule has 1 N–H and O–H groups in total. The van der Waals surface area contributed by atoms with E-state index in [-0.39, 0.29) is 19.1 Å². The van der Waals surface area contributed by atoms with E-state index in [2.05, 4.69) is 15.0 Å². The molecule has 0 aliphatic heterocycles. The molecule has 3 rings (SSSR count). The number of amides is 3. The standard InChI is InChI=1S/C18H17NO3S2.C12H13NO3S/c1-2-21-18(20)19-17(22-15-9-5-3-6-10-15)13-14-23-24-16-11-7-4-8-12-16;1-2-16-12(15)13-11(14)8-9-17-10-6-4-3-5-7-10/h3-14H,2H2,1H3;3-9H,2H2,1H3,(H,13,14,15)/b14-13+,19-17-;9-8+. The first kappa shape index (κ1) is 33.3. The monoisotopic (exact) mass is 610 g/mol. The molecule has 0 radical (unpaired) electrons. The Hall–Kier alpha value is -3.93. The lowest BCUT2D eigenvalue weighted by molar-refractivity contribution is -0.115. The Kier molecular flexibility index (Phi) is 17.0. The van der Waals surface area contributed by atoms with Crippen molar-refractivity contribution in [3.05, 3.63) is 114 Å². The van der Waals surface area contributed by atoms with Crippen LogP contribution in [0.15, 0.2) is 129 Å². The van der Waals surface area contributed by atoms with Gasteiger partial charge < -0.3 is 14.2 Å². The summed E-state index contributed by atoms with van der Waals surface area (Å²) in [5, 5.41) is 5.50. The fourth-order valence-corrected chi connectivity index (χ4v) is 4.85. The number of imide groups is 1. The van der Waals surface area contributed by atoms with Crippen molar-refractivity contribution in [2.45, 2.75) is 23.6 Å². The fraction of sp³-hybridized carbons (Fsp3) is 0.133. The number of hydrogen-bond acceptors (Lipinski definition) is 9. The molecule has 0 heterocycles. The van der Waals surface area contributed by atoms with E-state index in [9.17, 15) is 14.4 Å². The van der Waals surface area contributed by atoms with Crippen molar-refractivity contribution in [3.63, 3.8) is 0 Å². The highest BCUT2D eigenvalue weighted by Crippen LogP contribution is 2.31. The second-order valence-electron chi connectivity index (χ2n) is 7.30. The summed E-state index contributed by atoms with van der Waals surface area (Å²) in [4.78, 5) is 39.7. The van der Waals surface area contributed by atoms with E-state index in [0.29, 0.717) is 5.75 Å². The minimum absolute atomic E-state index is 0.181. The number of nitrogens with zero attached hydrogens (tertiary/aromatic N) is 1. The van der Waals surface area contributed by atoms with E-state index >= 15 is 0 Å². The number of carbonyl (C=O) groups excluding carboxylic acids is 3. The second-order valence-corrected chi connectivity index (χ2v) is 10.5. The molecular weight excluding hydrogens is 581 g/mol. The topological polar surface area (TPSA) is 103 Å². The first-order valence-electron chi connectivity index (χ1n) is 12.4. The minimum atomic E-state index is -0.730. The Morgan fingerprint density at radius 2 is 1.34 bits per heavy atom. The van der Waals surface area contributed by atoms with Gasteiger partial charge in [-0.15, -0.1) is 4.99 Å². The van der Waals surface area contributed by atoms with Crippen molar-refractivity contribution >= 4 is 57.3 Å². The highest BCUT2D eigenvalue weighted by molar-refractivity contribution is 8.77. The Morgan fingerprint density at radius 3 is 1.95 bits per heavy atom. The molecule has 0 fully saturated rings. The van der Waals surface area contributed by atoms with Gasteiger partial charge >= 0.3 is 12.2 Å². The van der Waals surface area contributed by atoms with Crippen molar-refractivity contribution in [2.24, 2.45) is 4.99 Å². The van der Waals surface area contributed by atoms with E-state index in [0.717, 1.165) is 9.79 Å². The summed E-state index contributed by atoms with van der Waals surface area (Å²) in [5.41, 5.74) is 0. The molecule has 0 atom stereocenters. The highest BCUT2D eigenvalue weighted by atomic mass is 33.1. The highest BCUT2D eigenvalue weighted by Gasteiger charge is 2.05. The van der Waals surface area contributed by atoms with Gasteiger partial charge in [0.25, 0.3) is 5.91 Å². The molecule has 0 aliphatic carbocycles. The first-order chi connectivity index (χ1) is 20.0. The van der Waals surface area contributed by atoms with E-state index in [4.69, 9.17) is 9.47 Å². The van der Waals surface area contributed by atoms with Gasteiger partial charge in [0, 0.05) is 21.9 Å². The fourth-order valence-electron chi connectivity index (χ4n) is 2.58. The lowest BCUT2D eigenvalue weighted by Gasteiger charge is -2.05. The van der Waals surface area contributed by atoms with Crippen molar-refractivity contribution in [2.75, 3.05) is 13.2 Å². The molecular formula is C30H30N2O6S3. The average Bonchev–Trinajstić information content (AvgIpc) is 2.97. The van der Waals surface area contributed by atoms with Crippen LogP contribution in [0.25, 0.3) is 0 Å². The van der Waals surface area contributed by atoms with Gasteiger partial charge in [0.15, 0.2) is 0 Å². The third kappa shape index (κ3) is 16.1. The zero-order valence-electron chi connectivity index (χ0n) is 22.5. The maximum absolute atomic E-state index is 11.6. The smallest absolute Gasteiger partial charge is 0.436 e. The SMILES string of the molecule is CCOC(=O)/N=C(/C=C/SSc1ccccc1)Oc1ccccc1.CCOC(=O)NC(=O)/C=C/Sc1ccccc1. The lowest BCUT2D eigenvalue weighted by atomic mass is 10.3. The normalized spacial score (nSPS) is 10.9. The third-order valence-electron chi connectivity index (χ3n) is 4.26. The second kappa shape index (κ2) is 20.9. The Morgan fingerprint density at radius 1 is 0.756 bits per heavy atom. The van der Waals surface area contributed by atoms with Crippen molar-refractivity contribution in [1.29, 1.82) is 0 Å². The number of carbonyl (C=O) groups is 3. The molecule has 11 heteroatoms. The Labute approximate surface area is 252 Å². The summed E-state index contributed by atoms with van der Waals surface area (Å²) in [6, 6.07) is 28.8. The maximum atomic E-state index is 11.6. The predicted octanol–water partition coefficient (Wildman–Crippen LogP) is 8.14.